The van der Waals surface area contributed by atoms with E-state index in [1.54, 1.807) is 24.3 Å². The lowest BCUT2D eigenvalue weighted by Gasteiger charge is -2.12. The van der Waals surface area contributed by atoms with Crippen molar-refractivity contribution in [2.24, 2.45) is 0 Å². The van der Waals surface area contributed by atoms with Gasteiger partial charge in [-0.2, -0.15) is 18.3 Å². The maximum absolute atomic E-state index is 13.0. The van der Waals surface area contributed by atoms with Gasteiger partial charge in [0, 0.05) is 10.6 Å². The topological polar surface area (TPSA) is 57.8 Å². The highest BCUT2D eigenvalue weighted by atomic mass is 35.5. The summed E-state index contributed by atoms with van der Waals surface area (Å²) in [4.78, 5) is 12.2. The fraction of sp³-hybridized carbons (Fsp3) is 0.0588. The summed E-state index contributed by atoms with van der Waals surface area (Å²) < 4.78 is 38.9. The Hall–Kier alpha value is -2.80. The zero-order chi connectivity index (χ0) is 18.0. The molecule has 3 aromatic rings. The number of halogens is 4. The Labute approximate surface area is 145 Å². The smallest absolute Gasteiger partial charge is 0.320 e. The molecule has 0 saturated heterocycles. The molecule has 1 amide bonds. The molecule has 3 rings (SSSR count). The zero-order valence-corrected chi connectivity index (χ0v) is 13.3. The van der Waals surface area contributed by atoms with E-state index in [0.29, 0.717) is 16.3 Å². The summed E-state index contributed by atoms with van der Waals surface area (Å²) in [6.07, 6.45) is -4.57. The van der Waals surface area contributed by atoms with Crippen molar-refractivity contribution in [1.82, 2.24) is 10.2 Å². The Morgan fingerprint density at radius 3 is 2.56 bits per heavy atom. The van der Waals surface area contributed by atoms with Gasteiger partial charge in [-0.25, -0.2) is 0 Å². The number of carbonyl (C=O) groups is 1. The Morgan fingerprint density at radius 1 is 1.08 bits per heavy atom. The van der Waals surface area contributed by atoms with Gasteiger partial charge in [-0.1, -0.05) is 35.9 Å². The van der Waals surface area contributed by atoms with Crippen LogP contribution in [0.15, 0.2) is 54.6 Å². The summed E-state index contributed by atoms with van der Waals surface area (Å²) in [7, 11) is 0. The third-order valence-corrected chi connectivity index (χ3v) is 3.66. The van der Waals surface area contributed by atoms with Crippen LogP contribution < -0.4 is 5.32 Å². The molecule has 0 saturated carbocycles. The summed E-state index contributed by atoms with van der Waals surface area (Å²) in [5.74, 6) is -0.725. The van der Waals surface area contributed by atoms with Crippen LogP contribution in [0.4, 0.5) is 18.9 Å². The molecule has 0 unspecified atom stereocenters. The van der Waals surface area contributed by atoms with E-state index in [0.717, 1.165) is 6.07 Å². The lowest BCUT2D eigenvalue weighted by Crippen LogP contribution is -2.16. The summed E-state index contributed by atoms with van der Waals surface area (Å²) in [6, 6.07) is 13.0. The molecule has 0 aliphatic carbocycles. The third kappa shape index (κ3) is 3.83. The Morgan fingerprint density at radius 2 is 1.84 bits per heavy atom. The van der Waals surface area contributed by atoms with Gasteiger partial charge >= 0.3 is 6.18 Å². The molecule has 2 N–H and O–H groups in total. The molecule has 25 heavy (non-hydrogen) atoms. The molecular weight excluding hydrogens is 355 g/mol. The number of carbonyl (C=O) groups excluding carboxylic acids is 1. The van der Waals surface area contributed by atoms with Crippen LogP contribution in [-0.4, -0.2) is 16.1 Å². The highest BCUT2D eigenvalue weighted by Gasteiger charge is 2.33. The Balaban J connectivity index is 1.84. The van der Waals surface area contributed by atoms with Crippen LogP contribution >= 0.6 is 11.6 Å². The number of alkyl halides is 3. The molecule has 4 nitrogen and oxygen atoms in total. The minimum absolute atomic E-state index is 0.0342. The zero-order valence-electron chi connectivity index (χ0n) is 12.6. The van der Waals surface area contributed by atoms with Gasteiger partial charge in [-0.3, -0.25) is 9.89 Å². The second-order valence-corrected chi connectivity index (χ2v) is 5.61. The molecule has 0 aliphatic heterocycles. The molecule has 1 heterocycles. The predicted molar refractivity (Wildman–Crippen MR) is 88.4 cm³/mol. The lowest BCUT2D eigenvalue weighted by atomic mass is 10.1. The molecule has 128 valence electrons. The van der Waals surface area contributed by atoms with Crippen molar-refractivity contribution in [3.8, 4) is 11.3 Å². The fourth-order valence-electron chi connectivity index (χ4n) is 2.26. The predicted octanol–water partition coefficient (Wildman–Crippen LogP) is 5.00. The van der Waals surface area contributed by atoms with E-state index in [2.05, 4.69) is 15.5 Å². The summed E-state index contributed by atoms with van der Waals surface area (Å²) in [5, 5.41) is 9.27. The number of para-hydroxylation sites is 1. The number of nitrogens with zero attached hydrogens (tertiary/aromatic N) is 1. The standard InChI is InChI=1S/C17H11ClF3N3O/c18-11-5-3-4-10(8-11)14-9-15(24-23-14)16(25)22-13-7-2-1-6-12(13)17(19,20)21/h1-9H,(H,22,25)(H,23,24). The number of benzene rings is 2. The maximum atomic E-state index is 13.0. The number of hydrogen-bond donors (Lipinski definition) is 2. The molecule has 0 radical (unpaired) electrons. The van der Waals surface area contributed by atoms with Crippen molar-refractivity contribution in [3.05, 3.63) is 70.9 Å². The monoisotopic (exact) mass is 365 g/mol. The van der Waals surface area contributed by atoms with E-state index in [-0.39, 0.29) is 11.4 Å². The number of nitrogens with one attached hydrogen (secondary N) is 2. The van der Waals surface area contributed by atoms with E-state index in [1.807, 2.05) is 0 Å². The number of rotatable bonds is 3. The third-order valence-electron chi connectivity index (χ3n) is 3.42. The van der Waals surface area contributed by atoms with Gasteiger partial charge in [-0.05, 0) is 30.3 Å². The quantitative estimate of drug-likeness (QED) is 0.686. The van der Waals surface area contributed by atoms with Gasteiger partial charge in [0.15, 0.2) is 0 Å². The van der Waals surface area contributed by atoms with Crippen LogP contribution in [0.1, 0.15) is 16.1 Å². The summed E-state index contributed by atoms with van der Waals surface area (Å²) in [5.41, 5.74) is -0.0703. The first kappa shape index (κ1) is 17.0. The minimum Gasteiger partial charge on any atom is -0.320 e. The highest BCUT2D eigenvalue weighted by molar-refractivity contribution is 6.30. The van der Waals surface area contributed by atoms with Gasteiger partial charge in [-0.15, -0.1) is 0 Å². The van der Waals surface area contributed by atoms with Gasteiger partial charge in [0.05, 0.1) is 16.9 Å². The Bertz CT molecular complexity index is 921. The van der Waals surface area contributed by atoms with Gasteiger partial charge in [0.25, 0.3) is 5.91 Å². The van der Waals surface area contributed by atoms with E-state index >= 15 is 0 Å². The number of aromatic nitrogens is 2. The van der Waals surface area contributed by atoms with Crippen molar-refractivity contribution in [2.75, 3.05) is 5.32 Å². The number of hydrogen-bond acceptors (Lipinski definition) is 2. The number of H-pyrrole nitrogens is 1. The second kappa shape index (κ2) is 6.60. The summed E-state index contributed by atoms with van der Waals surface area (Å²) in [6.45, 7) is 0. The number of aromatic amines is 1. The van der Waals surface area contributed by atoms with Gasteiger partial charge in [0.1, 0.15) is 5.69 Å². The van der Waals surface area contributed by atoms with E-state index < -0.39 is 17.6 Å². The molecular formula is C17H11ClF3N3O. The molecule has 0 fully saturated rings. The molecule has 0 atom stereocenters. The van der Waals surface area contributed by atoms with E-state index in [1.165, 1.54) is 24.3 Å². The van der Waals surface area contributed by atoms with Crippen LogP contribution in [0.2, 0.25) is 5.02 Å². The van der Waals surface area contributed by atoms with Crippen LogP contribution in [0.3, 0.4) is 0 Å². The maximum Gasteiger partial charge on any atom is 0.418 e. The summed E-state index contributed by atoms with van der Waals surface area (Å²) >= 11 is 5.91. The first-order valence-corrected chi connectivity index (χ1v) is 7.51. The average molecular weight is 366 g/mol. The Kier molecular flexibility index (Phi) is 4.50. The first-order valence-electron chi connectivity index (χ1n) is 7.13. The number of anilines is 1. The van der Waals surface area contributed by atoms with Crippen LogP contribution in [0.25, 0.3) is 11.3 Å². The molecule has 0 bridgehead atoms. The second-order valence-electron chi connectivity index (χ2n) is 5.17. The molecule has 1 aromatic heterocycles. The molecule has 0 aliphatic rings. The van der Waals surface area contributed by atoms with Crippen molar-refractivity contribution < 1.29 is 18.0 Å². The molecule has 2 aromatic carbocycles. The fourth-order valence-corrected chi connectivity index (χ4v) is 2.45. The van der Waals surface area contributed by atoms with Crippen molar-refractivity contribution >= 4 is 23.2 Å². The first-order chi connectivity index (χ1) is 11.8. The van der Waals surface area contributed by atoms with Gasteiger partial charge < -0.3 is 5.32 Å². The normalized spacial score (nSPS) is 11.4. The largest absolute Gasteiger partial charge is 0.418 e. The van der Waals surface area contributed by atoms with Crippen molar-refractivity contribution in [3.63, 3.8) is 0 Å². The van der Waals surface area contributed by atoms with Crippen LogP contribution in [0, 0.1) is 0 Å². The molecule has 0 spiro atoms. The van der Waals surface area contributed by atoms with E-state index in [4.69, 9.17) is 11.6 Å². The lowest BCUT2D eigenvalue weighted by molar-refractivity contribution is -0.136. The number of amides is 1. The van der Waals surface area contributed by atoms with Crippen molar-refractivity contribution in [2.45, 2.75) is 6.18 Å². The SMILES string of the molecule is O=C(Nc1ccccc1C(F)(F)F)c1cc(-c2cccc(Cl)c2)n[nH]1. The van der Waals surface area contributed by atoms with Crippen LogP contribution in [-0.2, 0) is 6.18 Å². The molecule has 8 heteroatoms. The average Bonchev–Trinajstić information content (AvgIpc) is 3.04. The minimum atomic E-state index is -4.57. The highest BCUT2D eigenvalue weighted by Crippen LogP contribution is 2.34. The van der Waals surface area contributed by atoms with Crippen LogP contribution in [0.5, 0.6) is 0 Å². The van der Waals surface area contributed by atoms with Crippen molar-refractivity contribution in [1.29, 1.82) is 0 Å². The van der Waals surface area contributed by atoms with Gasteiger partial charge in [0.2, 0.25) is 0 Å². The van der Waals surface area contributed by atoms with E-state index in [9.17, 15) is 18.0 Å².